The van der Waals surface area contributed by atoms with E-state index in [1.807, 2.05) is 13.8 Å². The van der Waals surface area contributed by atoms with E-state index < -0.39 is 58.4 Å². The summed E-state index contributed by atoms with van der Waals surface area (Å²) in [7, 11) is 0. The number of esters is 2. The highest BCUT2D eigenvalue weighted by molar-refractivity contribution is 5.95. The third-order valence-corrected chi connectivity index (χ3v) is 10.5. The van der Waals surface area contributed by atoms with E-state index >= 15 is 0 Å². The first-order valence-corrected chi connectivity index (χ1v) is 14.7. The van der Waals surface area contributed by atoms with Crippen molar-refractivity contribution in [2.45, 2.75) is 90.3 Å². The molecule has 228 valence electrons. The van der Waals surface area contributed by atoms with Gasteiger partial charge in [-0.2, -0.15) is 0 Å². The fourth-order valence-electron chi connectivity index (χ4n) is 7.71. The summed E-state index contributed by atoms with van der Waals surface area (Å²) in [5, 5.41) is 26.5. The smallest absolute Gasteiger partial charge is 0.308 e. The van der Waals surface area contributed by atoms with Gasteiger partial charge in [-0.1, -0.05) is 32.0 Å². The molecule has 2 saturated carbocycles. The van der Waals surface area contributed by atoms with Gasteiger partial charge in [-0.15, -0.1) is 0 Å². The van der Waals surface area contributed by atoms with Crippen LogP contribution < -0.4 is 5.32 Å². The molecule has 1 amide bonds. The first kappa shape index (κ1) is 30.4. The molecule has 8 atom stereocenters. The highest BCUT2D eigenvalue weighted by Gasteiger charge is 2.67. The number of ether oxygens (including phenoxy) is 3. The Labute approximate surface area is 245 Å². The van der Waals surface area contributed by atoms with Crippen LogP contribution >= 0.6 is 0 Å². The Morgan fingerprint density at radius 3 is 2.40 bits per heavy atom. The van der Waals surface area contributed by atoms with Crippen molar-refractivity contribution in [3.05, 3.63) is 47.0 Å². The number of aliphatic hydroxyl groups excluding tert-OH is 1. The third kappa shape index (κ3) is 4.87. The molecule has 42 heavy (non-hydrogen) atoms. The summed E-state index contributed by atoms with van der Waals surface area (Å²) in [6, 6.07) is 8.65. The van der Waals surface area contributed by atoms with Crippen molar-refractivity contribution in [2.24, 2.45) is 22.7 Å². The minimum Gasteiger partial charge on any atom is -0.458 e. The van der Waals surface area contributed by atoms with E-state index in [1.165, 1.54) is 6.92 Å². The maximum absolute atomic E-state index is 14.4. The lowest BCUT2D eigenvalue weighted by molar-refractivity contribution is -0.244. The number of Topliss-reactive ketones (excluding diaryl/α,β-unsaturated/α-hetero) is 1. The van der Waals surface area contributed by atoms with E-state index in [-0.39, 0.29) is 50.2 Å². The lowest BCUT2D eigenvalue weighted by Gasteiger charge is -2.62. The first-order valence-electron chi connectivity index (χ1n) is 14.7. The molecule has 10 nitrogen and oxygen atoms in total. The molecule has 10 heteroatoms. The van der Waals surface area contributed by atoms with Gasteiger partial charge in [-0.05, 0) is 49.5 Å². The molecular formula is C32H41NO9. The number of nitrogens with one attached hydrogen (secondary N) is 1. The van der Waals surface area contributed by atoms with Crippen molar-refractivity contribution < 1.29 is 43.6 Å². The summed E-state index contributed by atoms with van der Waals surface area (Å²) in [5.74, 6) is -2.47. The highest BCUT2D eigenvalue weighted by atomic mass is 16.6. The van der Waals surface area contributed by atoms with E-state index in [9.17, 15) is 29.4 Å². The summed E-state index contributed by atoms with van der Waals surface area (Å²) in [6.07, 6.45) is -3.07. The van der Waals surface area contributed by atoms with Crippen LogP contribution in [0.5, 0.6) is 0 Å². The van der Waals surface area contributed by atoms with Crippen LogP contribution in [-0.2, 0) is 28.6 Å². The van der Waals surface area contributed by atoms with E-state index in [1.54, 1.807) is 44.2 Å². The molecule has 1 aliphatic heterocycles. The molecule has 0 spiro atoms. The maximum atomic E-state index is 14.4. The molecule has 1 heterocycles. The van der Waals surface area contributed by atoms with E-state index in [0.29, 0.717) is 23.3 Å². The SMILES string of the molecule is CC(=O)O[C@H]1C(=O)[C@@]2(C)C(C[C@]3(O)C[C@H](OC(=O)CCNC(=O)c4ccccc4)C(C)=C1C3(C)C)[C@@H]1CO[C@@H]1C[C@@H]2O. The molecule has 3 aliphatic carbocycles. The zero-order valence-corrected chi connectivity index (χ0v) is 24.8. The molecule has 2 bridgehead atoms. The van der Waals surface area contributed by atoms with Gasteiger partial charge in [-0.3, -0.25) is 19.2 Å². The fraction of sp³-hybridized carbons (Fsp3) is 0.625. The second-order valence-electron chi connectivity index (χ2n) is 13.0. The Balaban J connectivity index is 1.45. The van der Waals surface area contributed by atoms with Crippen LogP contribution in [0.2, 0.25) is 0 Å². The number of hydrogen-bond donors (Lipinski definition) is 3. The largest absolute Gasteiger partial charge is 0.458 e. The van der Waals surface area contributed by atoms with Crippen molar-refractivity contribution in [2.75, 3.05) is 13.2 Å². The molecular weight excluding hydrogens is 542 g/mol. The number of rotatable bonds is 6. The topological polar surface area (TPSA) is 148 Å². The van der Waals surface area contributed by atoms with Gasteiger partial charge in [0.25, 0.3) is 5.91 Å². The van der Waals surface area contributed by atoms with Crippen molar-refractivity contribution in [3.63, 3.8) is 0 Å². The van der Waals surface area contributed by atoms with Crippen LogP contribution in [0.25, 0.3) is 0 Å². The zero-order chi connectivity index (χ0) is 30.6. The number of ketones is 1. The van der Waals surface area contributed by atoms with Crippen LogP contribution in [0.4, 0.5) is 0 Å². The third-order valence-electron chi connectivity index (χ3n) is 10.5. The van der Waals surface area contributed by atoms with Crippen molar-refractivity contribution >= 4 is 23.6 Å². The van der Waals surface area contributed by atoms with Crippen molar-refractivity contribution in [1.29, 1.82) is 0 Å². The molecule has 3 fully saturated rings. The Bertz CT molecular complexity index is 1310. The molecule has 3 N–H and O–H groups in total. The van der Waals surface area contributed by atoms with E-state index in [0.717, 1.165) is 0 Å². The van der Waals surface area contributed by atoms with Crippen LogP contribution in [-0.4, -0.2) is 77.0 Å². The molecule has 1 saturated heterocycles. The van der Waals surface area contributed by atoms with Crippen LogP contribution in [0.1, 0.15) is 70.7 Å². The van der Waals surface area contributed by atoms with Gasteiger partial charge in [0.2, 0.25) is 0 Å². The molecule has 0 radical (unpaired) electrons. The molecule has 1 unspecified atom stereocenters. The zero-order valence-electron chi connectivity index (χ0n) is 24.8. The summed E-state index contributed by atoms with van der Waals surface area (Å²) < 4.78 is 17.3. The number of benzene rings is 1. The van der Waals surface area contributed by atoms with Gasteiger partial charge in [0.1, 0.15) is 6.10 Å². The summed E-state index contributed by atoms with van der Waals surface area (Å²) in [5.41, 5.74) is -2.36. The number of carbonyl (C=O) groups is 4. The molecule has 1 aromatic carbocycles. The highest BCUT2D eigenvalue weighted by Crippen LogP contribution is 2.61. The Morgan fingerprint density at radius 1 is 1.10 bits per heavy atom. The second kappa shape index (κ2) is 10.9. The van der Waals surface area contributed by atoms with Gasteiger partial charge in [-0.25, -0.2) is 0 Å². The Hall–Kier alpha value is -3.08. The van der Waals surface area contributed by atoms with Crippen LogP contribution in [0, 0.1) is 22.7 Å². The predicted octanol–water partition coefficient (Wildman–Crippen LogP) is 2.50. The number of carbonyl (C=O) groups excluding carboxylic acids is 4. The van der Waals surface area contributed by atoms with Gasteiger partial charge in [0, 0.05) is 43.2 Å². The lowest BCUT2D eigenvalue weighted by atomic mass is 9.47. The Morgan fingerprint density at radius 2 is 1.79 bits per heavy atom. The maximum Gasteiger partial charge on any atom is 0.308 e. The first-order chi connectivity index (χ1) is 19.7. The van der Waals surface area contributed by atoms with Gasteiger partial charge < -0.3 is 29.7 Å². The summed E-state index contributed by atoms with van der Waals surface area (Å²) in [6.45, 7) is 8.77. The van der Waals surface area contributed by atoms with Crippen molar-refractivity contribution in [1.82, 2.24) is 5.32 Å². The normalized spacial score (nSPS) is 36.8. The lowest BCUT2D eigenvalue weighted by Crippen LogP contribution is -2.69. The minimum absolute atomic E-state index is 0.0528. The second-order valence-corrected chi connectivity index (χ2v) is 13.0. The fourth-order valence-corrected chi connectivity index (χ4v) is 7.71. The van der Waals surface area contributed by atoms with E-state index in [4.69, 9.17) is 14.2 Å². The molecule has 1 aromatic rings. The predicted molar refractivity (Wildman–Crippen MR) is 150 cm³/mol. The number of hydrogen-bond acceptors (Lipinski definition) is 9. The summed E-state index contributed by atoms with van der Waals surface area (Å²) >= 11 is 0. The summed E-state index contributed by atoms with van der Waals surface area (Å²) in [4.78, 5) is 52.1. The quantitative estimate of drug-likeness (QED) is 0.339. The average Bonchev–Trinajstić information content (AvgIpc) is 2.91. The Kier molecular flexibility index (Phi) is 7.87. The van der Waals surface area contributed by atoms with E-state index in [2.05, 4.69) is 5.32 Å². The molecule has 4 aliphatic rings. The van der Waals surface area contributed by atoms with Gasteiger partial charge in [0.15, 0.2) is 11.9 Å². The molecule has 5 rings (SSSR count). The number of aliphatic hydroxyl groups is 2. The van der Waals surface area contributed by atoms with Gasteiger partial charge >= 0.3 is 11.9 Å². The number of fused-ring (bicyclic) bond motifs is 5. The molecule has 0 aromatic heterocycles. The monoisotopic (exact) mass is 583 g/mol. The minimum atomic E-state index is -1.46. The average molecular weight is 584 g/mol. The standard InChI is InChI=1S/C32H41NO9/c1-17-23(42-25(36)11-12-33-29(38)19-9-7-6-8-10-19)15-32(39)14-21-20-16-40-22(20)13-24(35)31(21,5)28(37)27(41-18(2)34)26(17)30(32,3)4/h6-10,20-24,27,35,39H,11-16H2,1-5H3,(H,33,38)/t20-,21?,22+,23-,24-,27+,31-,32-/m0/s1. The van der Waals surface area contributed by atoms with Crippen LogP contribution in [0.3, 0.4) is 0 Å². The van der Waals surface area contributed by atoms with Gasteiger partial charge in [0.05, 0.1) is 36.3 Å². The van der Waals surface area contributed by atoms with Crippen LogP contribution in [0.15, 0.2) is 41.5 Å². The van der Waals surface area contributed by atoms with Crippen molar-refractivity contribution in [3.8, 4) is 0 Å². The number of amides is 1.